The number of aromatic nitrogens is 3. The molecule has 0 bridgehead atoms. The van der Waals surface area contributed by atoms with Crippen LogP contribution in [0, 0.1) is 13.8 Å². The molecule has 0 atom stereocenters. The molecule has 7 nitrogen and oxygen atoms in total. The van der Waals surface area contributed by atoms with E-state index in [4.69, 9.17) is 0 Å². The fourth-order valence-electron chi connectivity index (χ4n) is 3.90. The highest BCUT2D eigenvalue weighted by Gasteiger charge is 2.71. The second-order valence-electron chi connectivity index (χ2n) is 9.00. The van der Waals surface area contributed by atoms with Gasteiger partial charge >= 0.3 is 12.4 Å². The molecule has 1 heterocycles. The summed E-state index contributed by atoms with van der Waals surface area (Å²) in [5, 5.41) is 17.7. The number of benzene rings is 3. The van der Waals surface area contributed by atoms with E-state index in [-0.39, 0.29) is 16.3 Å². The summed E-state index contributed by atoms with van der Waals surface area (Å²) in [6.45, 7) is 3.37. The van der Waals surface area contributed by atoms with Gasteiger partial charge in [-0.1, -0.05) is 41.6 Å². The zero-order chi connectivity index (χ0) is 29.5. The lowest BCUT2D eigenvalue weighted by Crippen LogP contribution is -2.53. The monoisotopic (exact) mass is 584 g/mol. The SMILES string of the molecule is Cc1ccc(-n2cc(CN(c3ccc(C(O)(C(F)(F)F)C(F)(F)F)cc3)S(=O)(=O)c3ccccc3)nn2)cc1C. The Kier molecular flexibility index (Phi) is 7.45. The van der Waals surface area contributed by atoms with Crippen molar-refractivity contribution >= 4 is 15.7 Å². The van der Waals surface area contributed by atoms with Gasteiger partial charge in [-0.3, -0.25) is 4.31 Å². The third kappa shape index (κ3) is 5.28. The first kappa shape index (κ1) is 29.1. The topological polar surface area (TPSA) is 88.3 Å². The molecule has 0 unspecified atom stereocenters. The molecule has 0 aliphatic rings. The molecule has 40 heavy (non-hydrogen) atoms. The van der Waals surface area contributed by atoms with Gasteiger partial charge in [-0.05, 0) is 61.4 Å². The van der Waals surface area contributed by atoms with Crippen LogP contribution < -0.4 is 4.31 Å². The minimum atomic E-state index is -6.09. The maximum atomic E-state index is 13.6. The van der Waals surface area contributed by atoms with E-state index in [1.807, 2.05) is 26.0 Å². The number of hydrogen-bond donors (Lipinski definition) is 1. The van der Waals surface area contributed by atoms with Crippen LogP contribution >= 0.6 is 0 Å². The summed E-state index contributed by atoms with van der Waals surface area (Å²) in [5.41, 5.74) is -4.15. The first-order chi connectivity index (χ1) is 18.6. The average molecular weight is 585 g/mol. The number of nitrogens with zero attached hydrogens (tertiary/aromatic N) is 4. The minimum absolute atomic E-state index is 0.142. The van der Waals surface area contributed by atoms with Crippen molar-refractivity contribution in [3.8, 4) is 5.69 Å². The number of halogens is 6. The predicted molar refractivity (Wildman–Crippen MR) is 133 cm³/mol. The fourth-order valence-corrected chi connectivity index (χ4v) is 5.36. The van der Waals surface area contributed by atoms with Crippen LogP contribution in [0.4, 0.5) is 32.0 Å². The standard InChI is InChI=1S/C26H22F6N4O3S/c1-17-8-11-22(14-18(17)2)35-15-20(33-34-35)16-36(40(38,39)23-6-4-3-5-7-23)21-12-9-19(10-13-21)24(37,25(27,28)29)26(30,31)32/h3-15,37H,16H2,1-2H3. The van der Waals surface area contributed by atoms with Crippen molar-refractivity contribution in [1.82, 2.24) is 15.0 Å². The molecule has 1 aromatic heterocycles. The predicted octanol–water partition coefficient (Wildman–Crippen LogP) is 5.59. The molecule has 0 aliphatic carbocycles. The number of alkyl halides is 6. The maximum Gasteiger partial charge on any atom is 0.430 e. The number of aryl methyl sites for hydroxylation is 2. The normalized spacial score (nSPS) is 12.9. The van der Waals surface area contributed by atoms with Crippen LogP contribution in [0.3, 0.4) is 0 Å². The van der Waals surface area contributed by atoms with Crippen LogP contribution in [0.5, 0.6) is 0 Å². The van der Waals surface area contributed by atoms with Crippen LogP contribution in [0.2, 0.25) is 0 Å². The summed E-state index contributed by atoms with van der Waals surface area (Å²) < 4.78 is 109. The Morgan fingerprint density at radius 2 is 1.45 bits per heavy atom. The number of anilines is 1. The summed E-state index contributed by atoms with van der Waals surface area (Å²) in [6.07, 6.45) is -10.7. The zero-order valence-electron chi connectivity index (χ0n) is 20.9. The minimum Gasteiger partial charge on any atom is -0.369 e. The largest absolute Gasteiger partial charge is 0.430 e. The van der Waals surface area contributed by atoms with E-state index in [9.17, 15) is 39.9 Å². The van der Waals surface area contributed by atoms with Gasteiger partial charge in [0.1, 0.15) is 5.69 Å². The molecule has 0 saturated heterocycles. The average Bonchev–Trinajstić information content (AvgIpc) is 3.36. The Bertz CT molecular complexity index is 1590. The van der Waals surface area contributed by atoms with Crippen molar-refractivity contribution in [3.63, 3.8) is 0 Å². The van der Waals surface area contributed by atoms with E-state index in [0.717, 1.165) is 27.6 Å². The lowest BCUT2D eigenvalue weighted by Gasteiger charge is -2.33. The van der Waals surface area contributed by atoms with Crippen molar-refractivity contribution in [1.29, 1.82) is 0 Å². The van der Waals surface area contributed by atoms with Gasteiger partial charge in [0, 0.05) is 5.56 Å². The van der Waals surface area contributed by atoms with Gasteiger partial charge < -0.3 is 5.11 Å². The molecule has 212 valence electrons. The molecule has 3 aromatic carbocycles. The van der Waals surface area contributed by atoms with E-state index in [0.29, 0.717) is 17.8 Å². The third-order valence-electron chi connectivity index (χ3n) is 6.33. The summed E-state index contributed by atoms with van der Waals surface area (Å²) in [6, 6.07) is 14.8. The van der Waals surface area contributed by atoms with Crippen molar-refractivity contribution in [2.45, 2.75) is 43.2 Å². The molecule has 0 amide bonds. The first-order valence-electron chi connectivity index (χ1n) is 11.6. The van der Waals surface area contributed by atoms with E-state index in [1.54, 1.807) is 12.1 Å². The van der Waals surface area contributed by atoms with Crippen molar-refractivity contribution < 1.29 is 39.9 Å². The second kappa shape index (κ2) is 10.2. The second-order valence-corrected chi connectivity index (χ2v) is 10.9. The molecular weight excluding hydrogens is 562 g/mol. The summed E-state index contributed by atoms with van der Waals surface area (Å²) in [7, 11) is -4.38. The van der Waals surface area contributed by atoms with E-state index in [1.165, 1.54) is 35.1 Å². The molecule has 14 heteroatoms. The lowest BCUT2D eigenvalue weighted by atomic mass is 9.92. The number of sulfonamides is 1. The van der Waals surface area contributed by atoms with Crippen LogP contribution in [-0.2, 0) is 22.2 Å². The van der Waals surface area contributed by atoms with Gasteiger partial charge in [-0.15, -0.1) is 5.10 Å². The maximum absolute atomic E-state index is 13.6. The quantitative estimate of drug-likeness (QED) is 0.286. The number of rotatable bonds is 7. The van der Waals surface area contributed by atoms with Crippen LogP contribution in [0.1, 0.15) is 22.4 Å². The highest BCUT2D eigenvalue weighted by atomic mass is 32.2. The molecule has 0 fully saturated rings. The highest BCUT2D eigenvalue weighted by Crippen LogP contribution is 2.50. The Balaban J connectivity index is 1.77. The van der Waals surface area contributed by atoms with Gasteiger partial charge in [-0.25, -0.2) is 13.1 Å². The zero-order valence-corrected chi connectivity index (χ0v) is 21.8. The Hall–Kier alpha value is -3.91. The smallest absolute Gasteiger partial charge is 0.369 e. The van der Waals surface area contributed by atoms with Crippen molar-refractivity contribution in [2.24, 2.45) is 0 Å². The Morgan fingerprint density at radius 1 is 0.850 bits per heavy atom. The van der Waals surface area contributed by atoms with Gasteiger partial charge in [0.25, 0.3) is 15.6 Å². The van der Waals surface area contributed by atoms with Gasteiger partial charge in [0.2, 0.25) is 0 Å². The first-order valence-corrected chi connectivity index (χ1v) is 13.0. The van der Waals surface area contributed by atoms with Crippen LogP contribution in [-0.4, -0.2) is 40.9 Å². The van der Waals surface area contributed by atoms with Gasteiger partial charge in [0.15, 0.2) is 0 Å². The van der Waals surface area contributed by atoms with Crippen molar-refractivity contribution in [2.75, 3.05) is 4.31 Å². The Labute approximate surface area is 225 Å². The van der Waals surface area contributed by atoms with Crippen molar-refractivity contribution in [3.05, 3.63) is 101 Å². The van der Waals surface area contributed by atoms with Crippen LogP contribution in [0.25, 0.3) is 5.69 Å². The van der Waals surface area contributed by atoms with Gasteiger partial charge in [-0.2, -0.15) is 26.3 Å². The molecule has 0 spiro atoms. The Morgan fingerprint density at radius 3 is 2.00 bits per heavy atom. The van der Waals surface area contributed by atoms with E-state index < -0.39 is 40.1 Å². The summed E-state index contributed by atoms with van der Waals surface area (Å²) in [5.74, 6) is 0. The molecule has 4 rings (SSSR count). The summed E-state index contributed by atoms with van der Waals surface area (Å²) in [4.78, 5) is -0.178. The molecule has 0 radical (unpaired) electrons. The molecule has 4 aromatic rings. The molecule has 0 saturated carbocycles. The van der Waals surface area contributed by atoms with Gasteiger partial charge in [0.05, 0.1) is 29.0 Å². The molecule has 0 aliphatic heterocycles. The lowest BCUT2D eigenvalue weighted by molar-refractivity contribution is -0.376. The molecular formula is C26H22F6N4O3S. The number of hydrogen-bond acceptors (Lipinski definition) is 5. The van der Waals surface area contributed by atoms with Crippen LogP contribution in [0.15, 0.2) is 83.9 Å². The molecule has 1 N–H and O–H groups in total. The van der Waals surface area contributed by atoms with E-state index >= 15 is 0 Å². The van der Waals surface area contributed by atoms with E-state index in [2.05, 4.69) is 10.3 Å². The number of aliphatic hydroxyl groups is 1. The third-order valence-corrected chi connectivity index (χ3v) is 8.11. The highest BCUT2D eigenvalue weighted by molar-refractivity contribution is 7.92. The summed E-state index contributed by atoms with van der Waals surface area (Å²) >= 11 is 0. The fraction of sp³-hybridized carbons (Fsp3) is 0.231.